The number of carbonyl (C=O) groups excluding carboxylic acids is 1. The first kappa shape index (κ1) is 18.2. The molecule has 3 aromatic rings. The van der Waals surface area contributed by atoms with Crippen LogP contribution in [0.3, 0.4) is 0 Å². The Kier molecular flexibility index (Phi) is 4.23. The number of benzene rings is 1. The summed E-state index contributed by atoms with van der Waals surface area (Å²) in [7, 11) is 0. The number of ether oxygens (including phenoxy) is 1. The molecule has 8 heteroatoms. The SMILES string of the molecule is Cc1nc(C)c(C(OC2(C(=O)O)CC2)c2cc3cc(CC(N)=O)ccc3o2)o1. The van der Waals surface area contributed by atoms with E-state index in [0.717, 1.165) is 10.9 Å². The van der Waals surface area contributed by atoms with Crippen molar-refractivity contribution in [3.05, 3.63) is 52.9 Å². The third-order valence-electron chi connectivity index (χ3n) is 4.85. The van der Waals surface area contributed by atoms with Crippen LogP contribution < -0.4 is 5.73 Å². The normalized spacial score (nSPS) is 16.2. The second kappa shape index (κ2) is 6.49. The number of oxazole rings is 1. The van der Waals surface area contributed by atoms with Crippen molar-refractivity contribution in [3.63, 3.8) is 0 Å². The van der Waals surface area contributed by atoms with E-state index in [4.69, 9.17) is 19.3 Å². The minimum atomic E-state index is -1.24. The van der Waals surface area contributed by atoms with E-state index in [1.165, 1.54) is 0 Å². The van der Waals surface area contributed by atoms with Gasteiger partial charge in [0.15, 0.2) is 23.4 Å². The van der Waals surface area contributed by atoms with Crippen LogP contribution in [0.2, 0.25) is 0 Å². The van der Waals surface area contributed by atoms with E-state index in [-0.39, 0.29) is 6.42 Å². The number of primary amides is 1. The number of rotatable bonds is 7. The van der Waals surface area contributed by atoms with Crippen LogP contribution in [-0.2, 0) is 20.7 Å². The molecule has 146 valence electrons. The second-order valence-electron chi connectivity index (χ2n) is 7.14. The number of carboxylic acids is 1. The number of aliphatic carboxylic acids is 1. The number of hydrogen-bond donors (Lipinski definition) is 2. The van der Waals surface area contributed by atoms with Crippen molar-refractivity contribution in [1.82, 2.24) is 4.98 Å². The molecule has 0 radical (unpaired) electrons. The van der Waals surface area contributed by atoms with Crippen molar-refractivity contribution >= 4 is 22.8 Å². The summed E-state index contributed by atoms with van der Waals surface area (Å²) in [5.41, 5.74) is 5.99. The van der Waals surface area contributed by atoms with Crippen LogP contribution in [0.4, 0.5) is 0 Å². The van der Waals surface area contributed by atoms with Crippen LogP contribution >= 0.6 is 0 Å². The third-order valence-corrected chi connectivity index (χ3v) is 4.85. The first-order valence-corrected chi connectivity index (χ1v) is 8.93. The second-order valence-corrected chi connectivity index (χ2v) is 7.14. The Hall–Kier alpha value is -3.13. The number of nitrogens with two attached hydrogens (primary N) is 1. The van der Waals surface area contributed by atoms with Crippen molar-refractivity contribution in [3.8, 4) is 0 Å². The van der Waals surface area contributed by atoms with Crippen molar-refractivity contribution < 1.29 is 28.3 Å². The number of amides is 1. The first-order chi connectivity index (χ1) is 13.3. The molecule has 28 heavy (non-hydrogen) atoms. The van der Waals surface area contributed by atoms with Crippen LogP contribution in [0.25, 0.3) is 11.0 Å². The number of aromatic nitrogens is 1. The highest BCUT2D eigenvalue weighted by atomic mass is 16.6. The lowest BCUT2D eigenvalue weighted by atomic mass is 10.1. The van der Waals surface area contributed by atoms with Gasteiger partial charge in [-0.3, -0.25) is 4.79 Å². The fourth-order valence-corrected chi connectivity index (χ4v) is 3.31. The van der Waals surface area contributed by atoms with E-state index >= 15 is 0 Å². The van der Waals surface area contributed by atoms with Crippen molar-refractivity contribution in [2.24, 2.45) is 5.73 Å². The van der Waals surface area contributed by atoms with Crippen LogP contribution in [0.5, 0.6) is 0 Å². The van der Waals surface area contributed by atoms with Crippen molar-refractivity contribution in [2.45, 2.75) is 44.8 Å². The lowest BCUT2D eigenvalue weighted by Crippen LogP contribution is -2.28. The molecule has 4 rings (SSSR count). The van der Waals surface area contributed by atoms with E-state index in [1.54, 1.807) is 32.0 Å². The largest absolute Gasteiger partial charge is 0.479 e. The van der Waals surface area contributed by atoms with Crippen LogP contribution in [-0.4, -0.2) is 27.6 Å². The number of furan rings is 1. The Bertz CT molecular complexity index is 1080. The smallest absolute Gasteiger partial charge is 0.336 e. The van der Waals surface area contributed by atoms with Gasteiger partial charge in [0.05, 0.1) is 12.1 Å². The summed E-state index contributed by atoms with van der Waals surface area (Å²) >= 11 is 0. The molecule has 1 unspecified atom stereocenters. The third kappa shape index (κ3) is 3.27. The van der Waals surface area contributed by atoms with Gasteiger partial charge in [0.2, 0.25) is 5.91 Å². The lowest BCUT2D eigenvalue weighted by molar-refractivity contribution is -0.158. The first-order valence-electron chi connectivity index (χ1n) is 8.93. The molecule has 1 atom stereocenters. The highest BCUT2D eigenvalue weighted by molar-refractivity contribution is 5.83. The number of hydrogen-bond acceptors (Lipinski definition) is 6. The average Bonchev–Trinajstić information content (AvgIpc) is 3.17. The van der Waals surface area contributed by atoms with Gasteiger partial charge in [0.1, 0.15) is 11.3 Å². The van der Waals surface area contributed by atoms with Crippen LogP contribution in [0.15, 0.2) is 33.1 Å². The van der Waals surface area contributed by atoms with Gasteiger partial charge in [-0.05, 0) is 43.5 Å². The molecule has 0 aliphatic heterocycles. The molecule has 0 spiro atoms. The maximum Gasteiger partial charge on any atom is 0.336 e. The summed E-state index contributed by atoms with van der Waals surface area (Å²) in [5.74, 6) is -0.138. The molecule has 2 aromatic heterocycles. The average molecular weight is 384 g/mol. The summed E-state index contributed by atoms with van der Waals surface area (Å²) in [5, 5.41) is 10.3. The zero-order valence-corrected chi connectivity index (χ0v) is 15.5. The van der Waals surface area contributed by atoms with Gasteiger partial charge in [-0.15, -0.1) is 0 Å². The molecule has 1 aromatic carbocycles. The number of fused-ring (bicyclic) bond motifs is 1. The van der Waals surface area contributed by atoms with Crippen LogP contribution in [0, 0.1) is 13.8 Å². The van der Waals surface area contributed by atoms with E-state index < -0.39 is 23.6 Å². The van der Waals surface area contributed by atoms with E-state index in [2.05, 4.69) is 4.98 Å². The van der Waals surface area contributed by atoms with Gasteiger partial charge >= 0.3 is 5.97 Å². The molecule has 8 nitrogen and oxygen atoms in total. The van der Waals surface area contributed by atoms with Gasteiger partial charge in [-0.1, -0.05) is 6.07 Å². The van der Waals surface area contributed by atoms with E-state index in [9.17, 15) is 14.7 Å². The molecule has 0 saturated heterocycles. The summed E-state index contributed by atoms with van der Waals surface area (Å²) in [6.07, 6.45) is 0.132. The topological polar surface area (TPSA) is 129 Å². The molecule has 1 fully saturated rings. The maximum absolute atomic E-state index is 11.6. The Morgan fingerprint density at radius 2 is 2.04 bits per heavy atom. The Labute approximate surface area is 160 Å². The Balaban J connectivity index is 1.76. The Morgan fingerprint density at radius 3 is 2.61 bits per heavy atom. The monoisotopic (exact) mass is 384 g/mol. The molecule has 2 heterocycles. The zero-order chi connectivity index (χ0) is 20.1. The predicted octanol–water partition coefficient (Wildman–Crippen LogP) is 2.79. The molecular formula is C20H20N2O6. The molecular weight excluding hydrogens is 364 g/mol. The molecule has 1 aliphatic rings. The fraction of sp³-hybridized carbons (Fsp3) is 0.350. The van der Waals surface area contributed by atoms with E-state index in [0.29, 0.717) is 41.5 Å². The summed E-state index contributed by atoms with van der Waals surface area (Å²) in [4.78, 5) is 27.1. The number of carbonyl (C=O) groups is 2. The fourth-order valence-electron chi connectivity index (χ4n) is 3.31. The predicted molar refractivity (Wildman–Crippen MR) is 97.6 cm³/mol. The van der Waals surface area contributed by atoms with Gasteiger partial charge in [-0.25, -0.2) is 9.78 Å². The minimum absolute atomic E-state index is 0.124. The van der Waals surface area contributed by atoms with Gasteiger partial charge in [0, 0.05) is 12.3 Å². The summed E-state index contributed by atoms with van der Waals surface area (Å²) in [6.45, 7) is 3.49. The zero-order valence-electron chi connectivity index (χ0n) is 15.5. The number of aryl methyl sites for hydroxylation is 2. The Morgan fingerprint density at radius 1 is 1.29 bits per heavy atom. The molecule has 1 aliphatic carbocycles. The quantitative estimate of drug-likeness (QED) is 0.641. The van der Waals surface area contributed by atoms with Gasteiger partial charge < -0.3 is 24.4 Å². The standard InChI is InChI=1S/C20H20N2O6/c1-10-17(26-11(2)22-10)18(28-20(5-6-20)19(24)25)15-9-13-7-12(8-16(21)23)3-4-14(13)27-15/h3-4,7,9,18H,5-6,8H2,1-2H3,(H2,21,23)(H,24,25). The molecule has 1 saturated carbocycles. The van der Waals surface area contributed by atoms with E-state index in [1.807, 2.05) is 6.07 Å². The summed E-state index contributed by atoms with van der Waals surface area (Å²) < 4.78 is 17.6. The summed E-state index contributed by atoms with van der Waals surface area (Å²) in [6, 6.07) is 7.09. The van der Waals surface area contributed by atoms with Crippen molar-refractivity contribution in [2.75, 3.05) is 0 Å². The number of nitrogens with zero attached hydrogens (tertiary/aromatic N) is 1. The highest BCUT2D eigenvalue weighted by Crippen LogP contribution is 2.46. The minimum Gasteiger partial charge on any atom is -0.479 e. The van der Waals surface area contributed by atoms with Crippen LogP contribution in [0.1, 0.15) is 47.6 Å². The molecule has 0 bridgehead atoms. The highest BCUT2D eigenvalue weighted by Gasteiger charge is 2.54. The van der Waals surface area contributed by atoms with Gasteiger partial charge in [-0.2, -0.15) is 0 Å². The van der Waals surface area contributed by atoms with Crippen molar-refractivity contribution in [1.29, 1.82) is 0 Å². The number of carboxylic acid groups (broad SMARTS) is 1. The molecule has 1 amide bonds. The maximum atomic E-state index is 11.6. The lowest BCUT2D eigenvalue weighted by Gasteiger charge is -2.19. The molecule has 3 N–H and O–H groups in total. The van der Waals surface area contributed by atoms with Gasteiger partial charge in [0.25, 0.3) is 0 Å².